The van der Waals surface area contributed by atoms with Gasteiger partial charge >= 0.3 is 6.09 Å². The minimum Gasteiger partial charge on any atom is -0.446 e. The van der Waals surface area contributed by atoms with E-state index in [1.807, 2.05) is 24.8 Å². The number of carbonyl (C=O) groups is 1. The molecule has 0 bridgehead atoms. The van der Waals surface area contributed by atoms with Crippen LogP contribution >= 0.6 is 0 Å². The Morgan fingerprint density at radius 2 is 2.06 bits per heavy atom. The highest BCUT2D eigenvalue weighted by Gasteiger charge is 2.48. The Kier molecular flexibility index (Phi) is 5.79. The summed E-state index contributed by atoms with van der Waals surface area (Å²) >= 11 is 0. The Morgan fingerprint density at radius 1 is 1.27 bits per heavy atom. The van der Waals surface area contributed by atoms with Crippen LogP contribution < -0.4 is 0 Å². The zero-order chi connectivity index (χ0) is 23.0. The highest BCUT2D eigenvalue weighted by Crippen LogP contribution is 2.48. The molecule has 1 spiro atoms. The third-order valence-corrected chi connectivity index (χ3v) is 7.73. The number of hydrogen-bond donors (Lipinski definition) is 0. The van der Waals surface area contributed by atoms with E-state index >= 15 is 0 Å². The molecule has 1 amide bonds. The predicted octanol–water partition coefficient (Wildman–Crippen LogP) is 4.34. The number of aryl methyl sites for hydroxylation is 1. The van der Waals surface area contributed by atoms with Crippen molar-refractivity contribution in [2.75, 3.05) is 26.2 Å². The molecule has 2 saturated heterocycles. The van der Waals surface area contributed by atoms with Gasteiger partial charge in [0.2, 0.25) is 0 Å². The van der Waals surface area contributed by atoms with Crippen LogP contribution in [-0.2, 0) is 11.2 Å². The first-order chi connectivity index (χ1) is 16.0. The number of carbonyl (C=O) groups excluding carboxylic acids is 1. The maximum absolute atomic E-state index is 12.3. The van der Waals surface area contributed by atoms with Crippen molar-refractivity contribution in [1.29, 1.82) is 5.26 Å². The lowest BCUT2D eigenvalue weighted by Gasteiger charge is -2.56. The molecule has 172 valence electrons. The Morgan fingerprint density at radius 3 is 2.73 bits per heavy atom. The largest absolute Gasteiger partial charge is 0.446 e. The summed E-state index contributed by atoms with van der Waals surface area (Å²) in [5.41, 5.74) is 5.39. The number of piperidine rings is 1. The molecular formula is C26H31N5O2. The van der Waals surface area contributed by atoms with E-state index in [-0.39, 0.29) is 12.2 Å². The Balaban J connectivity index is 1.18. The first-order valence-electron chi connectivity index (χ1n) is 12.1. The number of nitrogens with zero attached hydrogens (tertiary/aromatic N) is 5. The van der Waals surface area contributed by atoms with Crippen LogP contribution in [0.25, 0.3) is 11.3 Å². The second-order valence-electron chi connectivity index (χ2n) is 9.86. The van der Waals surface area contributed by atoms with Gasteiger partial charge in [0, 0.05) is 37.8 Å². The van der Waals surface area contributed by atoms with Gasteiger partial charge in [-0.2, -0.15) is 5.26 Å². The third-order valence-electron chi connectivity index (χ3n) is 7.73. The van der Waals surface area contributed by atoms with Crippen molar-refractivity contribution < 1.29 is 9.53 Å². The van der Waals surface area contributed by atoms with Crippen molar-refractivity contribution in [2.45, 2.75) is 58.1 Å². The molecule has 1 aliphatic carbocycles. The molecule has 0 saturated carbocycles. The van der Waals surface area contributed by atoms with Crippen molar-refractivity contribution in [1.82, 2.24) is 19.8 Å². The van der Waals surface area contributed by atoms with Crippen molar-refractivity contribution in [3.63, 3.8) is 0 Å². The molecule has 7 heteroatoms. The van der Waals surface area contributed by atoms with E-state index < -0.39 is 0 Å². The van der Waals surface area contributed by atoms with Gasteiger partial charge in [0.25, 0.3) is 0 Å². The fourth-order valence-electron chi connectivity index (χ4n) is 5.51. The summed E-state index contributed by atoms with van der Waals surface area (Å²) in [6.07, 6.45) is 8.25. The Hall–Kier alpha value is -2.98. The SMILES string of the molecule is CCC(C)OC(=O)N1CCC2(CC1)CN([C@@H]1CCc3cc(-c4cnc(C#N)cn4)ccc31)C2. The fraction of sp³-hybridized carbons (Fsp3) is 0.538. The summed E-state index contributed by atoms with van der Waals surface area (Å²) < 4.78 is 5.51. The Bertz CT molecular complexity index is 1060. The van der Waals surface area contributed by atoms with Crippen molar-refractivity contribution in [3.8, 4) is 17.3 Å². The first-order valence-corrected chi connectivity index (χ1v) is 12.1. The second-order valence-corrected chi connectivity index (χ2v) is 9.86. The van der Waals surface area contributed by atoms with Crippen molar-refractivity contribution >= 4 is 6.09 Å². The van der Waals surface area contributed by atoms with Crippen LogP contribution in [0.1, 0.15) is 62.4 Å². The molecule has 1 unspecified atom stereocenters. The van der Waals surface area contributed by atoms with Crippen molar-refractivity contribution in [2.24, 2.45) is 5.41 Å². The number of hydrogen-bond acceptors (Lipinski definition) is 6. The van der Waals surface area contributed by atoms with Crippen molar-refractivity contribution in [3.05, 3.63) is 47.4 Å². The minimum absolute atomic E-state index is 0.0144. The lowest BCUT2D eigenvalue weighted by molar-refractivity contribution is -0.0691. The second kappa shape index (κ2) is 8.75. The Labute approximate surface area is 195 Å². The highest BCUT2D eigenvalue weighted by molar-refractivity contribution is 5.68. The minimum atomic E-state index is -0.150. The number of ether oxygens (including phenoxy) is 1. The lowest BCUT2D eigenvalue weighted by Crippen LogP contribution is -2.61. The first kappa shape index (κ1) is 21.8. The van der Waals surface area contributed by atoms with Gasteiger partial charge in [-0.1, -0.05) is 19.1 Å². The summed E-state index contributed by atoms with van der Waals surface area (Å²) in [5.74, 6) is 0. The molecule has 2 fully saturated rings. The van der Waals surface area contributed by atoms with Gasteiger partial charge in [-0.05, 0) is 61.6 Å². The lowest BCUT2D eigenvalue weighted by atomic mass is 9.71. The molecule has 2 aromatic rings. The zero-order valence-electron chi connectivity index (χ0n) is 19.5. The molecule has 3 heterocycles. The van der Waals surface area contributed by atoms with E-state index in [1.54, 1.807) is 6.20 Å². The number of benzene rings is 1. The van der Waals surface area contributed by atoms with Crippen LogP contribution in [0.3, 0.4) is 0 Å². The summed E-state index contributed by atoms with van der Waals surface area (Å²) in [6, 6.07) is 9.12. The standard InChI is InChI=1S/C26H31N5O2/c1-3-18(2)33-25(32)30-10-8-26(9-11-30)16-31(17-26)24-7-5-19-12-20(4-6-22(19)24)23-15-28-21(13-27)14-29-23/h4,6,12,14-15,18,24H,3,5,7-11,16-17H2,1-2H3/t18?,24-/m1/s1. The monoisotopic (exact) mass is 445 g/mol. The number of rotatable bonds is 4. The van der Waals surface area contributed by atoms with Gasteiger partial charge in [-0.3, -0.25) is 9.88 Å². The van der Waals surface area contributed by atoms with E-state index in [1.165, 1.54) is 17.3 Å². The summed E-state index contributed by atoms with van der Waals surface area (Å²) in [5, 5.41) is 8.93. The van der Waals surface area contributed by atoms with Crippen LogP contribution in [0.2, 0.25) is 0 Å². The molecule has 1 aromatic heterocycles. The van der Waals surface area contributed by atoms with Crippen LogP contribution in [0, 0.1) is 16.7 Å². The molecule has 3 aliphatic rings. The fourth-order valence-corrected chi connectivity index (χ4v) is 5.51. The van der Waals surface area contributed by atoms with E-state index in [2.05, 4.69) is 33.1 Å². The maximum atomic E-state index is 12.3. The average Bonchev–Trinajstić information content (AvgIpc) is 3.25. The molecule has 0 N–H and O–H groups in total. The van der Waals surface area contributed by atoms with Gasteiger partial charge in [0.1, 0.15) is 12.2 Å². The van der Waals surface area contributed by atoms with Crippen LogP contribution in [-0.4, -0.2) is 58.1 Å². The predicted molar refractivity (Wildman–Crippen MR) is 124 cm³/mol. The van der Waals surface area contributed by atoms with Gasteiger partial charge in [-0.15, -0.1) is 0 Å². The maximum Gasteiger partial charge on any atom is 0.410 e. The highest BCUT2D eigenvalue weighted by atomic mass is 16.6. The normalized spacial score (nSPS) is 22.3. The number of amides is 1. The summed E-state index contributed by atoms with van der Waals surface area (Å²) in [4.78, 5) is 25.4. The topological polar surface area (TPSA) is 82.4 Å². The molecule has 0 radical (unpaired) electrons. The summed E-state index contributed by atoms with van der Waals surface area (Å²) in [7, 11) is 0. The summed E-state index contributed by atoms with van der Waals surface area (Å²) in [6.45, 7) is 7.84. The van der Waals surface area contributed by atoms with Crippen LogP contribution in [0.15, 0.2) is 30.6 Å². The molecule has 2 aliphatic heterocycles. The zero-order valence-corrected chi connectivity index (χ0v) is 19.5. The van der Waals surface area contributed by atoms with Gasteiger partial charge in [-0.25, -0.2) is 9.78 Å². The molecular weight excluding hydrogens is 414 g/mol. The molecule has 2 atom stereocenters. The van der Waals surface area contributed by atoms with Gasteiger partial charge in [0.15, 0.2) is 5.69 Å². The quantitative estimate of drug-likeness (QED) is 0.696. The molecule has 33 heavy (non-hydrogen) atoms. The van der Waals surface area contributed by atoms with E-state index in [9.17, 15) is 4.79 Å². The van der Waals surface area contributed by atoms with E-state index in [4.69, 9.17) is 10.00 Å². The van der Waals surface area contributed by atoms with E-state index in [0.29, 0.717) is 17.2 Å². The number of likely N-dealkylation sites (tertiary alicyclic amines) is 2. The molecule has 1 aromatic carbocycles. The third kappa shape index (κ3) is 4.20. The molecule has 5 rings (SSSR count). The average molecular weight is 446 g/mol. The van der Waals surface area contributed by atoms with Gasteiger partial charge < -0.3 is 9.64 Å². The van der Waals surface area contributed by atoms with Gasteiger partial charge in [0.05, 0.1) is 18.1 Å². The van der Waals surface area contributed by atoms with Crippen LogP contribution in [0.5, 0.6) is 0 Å². The number of fused-ring (bicyclic) bond motifs is 1. The van der Waals surface area contributed by atoms with Crippen LogP contribution in [0.4, 0.5) is 4.79 Å². The number of nitriles is 1. The smallest absolute Gasteiger partial charge is 0.410 e. The number of aromatic nitrogens is 2. The molecule has 7 nitrogen and oxygen atoms in total. The van der Waals surface area contributed by atoms with E-state index in [0.717, 1.165) is 69.5 Å².